The number of nitrogens with zero attached hydrogens (tertiary/aromatic N) is 6. The zero-order valence-corrected chi connectivity index (χ0v) is 19.8. The van der Waals surface area contributed by atoms with Crippen LogP contribution in [-0.4, -0.2) is 64.6 Å². The molecule has 0 atom stereocenters. The lowest BCUT2D eigenvalue weighted by Gasteiger charge is -2.46. The highest BCUT2D eigenvalue weighted by Gasteiger charge is 2.46. The lowest BCUT2D eigenvalue weighted by Crippen LogP contribution is -2.67. The number of oxazole rings is 1. The molecular formula is C25H27N7O3. The Balaban J connectivity index is 1.30. The second-order valence-electron chi connectivity index (χ2n) is 8.89. The second kappa shape index (κ2) is 9.35. The minimum absolute atomic E-state index is 0.0749. The van der Waals surface area contributed by atoms with E-state index in [1.165, 1.54) is 6.39 Å². The van der Waals surface area contributed by atoms with Crippen molar-refractivity contribution in [2.75, 3.05) is 38.2 Å². The summed E-state index contributed by atoms with van der Waals surface area (Å²) in [7, 11) is 1.62. The highest BCUT2D eigenvalue weighted by molar-refractivity contribution is 5.87. The van der Waals surface area contributed by atoms with Crippen LogP contribution in [0.3, 0.4) is 0 Å². The molecule has 0 saturated carbocycles. The summed E-state index contributed by atoms with van der Waals surface area (Å²) in [6, 6.07) is 11.4. The van der Waals surface area contributed by atoms with Crippen molar-refractivity contribution in [1.82, 2.24) is 25.2 Å². The van der Waals surface area contributed by atoms with E-state index >= 15 is 0 Å². The third-order valence-corrected chi connectivity index (χ3v) is 6.71. The number of aryl methyl sites for hydroxylation is 1. The molecule has 10 nitrogen and oxygen atoms in total. The van der Waals surface area contributed by atoms with E-state index in [1.807, 2.05) is 41.0 Å². The summed E-state index contributed by atoms with van der Waals surface area (Å²) in [6.07, 6.45) is 2.68. The first-order valence-corrected chi connectivity index (χ1v) is 11.6. The van der Waals surface area contributed by atoms with E-state index in [2.05, 4.69) is 26.3 Å². The van der Waals surface area contributed by atoms with Gasteiger partial charge in [-0.1, -0.05) is 12.1 Å². The molecule has 0 bridgehead atoms. The van der Waals surface area contributed by atoms with Crippen LogP contribution in [-0.2, 0) is 11.3 Å². The zero-order chi connectivity index (χ0) is 24.4. The Kier molecular flexibility index (Phi) is 6.09. The highest BCUT2D eigenvalue weighted by atomic mass is 16.5. The molecule has 3 aromatic rings. The first-order valence-electron chi connectivity index (χ1n) is 11.6. The molecule has 1 N–H and O–H groups in total. The number of piperazine rings is 1. The number of nitriles is 1. The molecule has 0 radical (unpaired) electrons. The standard InChI is InChI=1S/C25H27N7O3/c1-17-12-19(14-26)30-24(29-17)31-9-6-25(7-10-31)23(33)32(11-8-28-25)15-21-22(35-16-27-21)18-4-3-5-20(13-18)34-2/h3-5,12-13,16,28H,6-11,15H2,1-2H3. The van der Waals surface area contributed by atoms with Crippen LogP contribution in [0.1, 0.15) is 29.9 Å². The smallest absolute Gasteiger partial charge is 0.243 e. The van der Waals surface area contributed by atoms with Crippen molar-refractivity contribution in [2.24, 2.45) is 0 Å². The van der Waals surface area contributed by atoms with Gasteiger partial charge >= 0.3 is 0 Å². The monoisotopic (exact) mass is 473 g/mol. The van der Waals surface area contributed by atoms with Crippen molar-refractivity contribution in [1.29, 1.82) is 5.26 Å². The largest absolute Gasteiger partial charge is 0.497 e. The maximum Gasteiger partial charge on any atom is 0.243 e. The number of piperidine rings is 1. The Hall–Kier alpha value is -3.97. The molecule has 0 aliphatic carbocycles. The minimum Gasteiger partial charge on any atom is -0.497 e. The number of aromatic nitrogens is 3. The van der Waals surface area contributed by atoms with Crippen LogP contribution in [0.2, 0.25) is 0 Å². The number of anilines is 1. The molecule has 2 aliphatic rings. The fourth-order valence-electron chi connectivity index (χ4n) is 4.85. The van der Waals surface area contributed by atoms with Crippen LogP contribution in [0.15, 0.2) is 41.1 Å². The van der Waals surface area contributed by atoms with Gasteiger partial charge in [0.15, 0.2) is 12.2 Å². The number of ether oxygens (including phenoxy) is 1. The van der Waals surface area contributed by atoms with E-state index < -0.39 is 5.54 Å². The number of carbonyl (C=O) groups is 1. The molecule has 35 heavy (non-hydrogen) atoms. The maximum atomic E-state index is 13.7. The van der Waals surface area contributed by atoms with Crippen LogP contribution in [0.25, 0.3) is 11.3 Å². The fraction of sp³-hybridized carbons (Fsp3) is 0.400. The van der Waals surface area contributed by atoms with E-state index in [-0.39, 0.29) is 5.91 Å². The summed E-state index contributed by atoms with van der Waals surface area (Å²) >= 11 is 0. The Morgan fingerprint density at radius 1 is 1.23 bits per heavy atom. The van der Waals surface area contributed by atoms with Crippen molar-refractivity contribution >= 4 is 11.9 Å². The van der Waals surface area contributed by atoms with Crippen LogP contribution in [0.5, 0.6) is 5.75 Å². The van der Waals surface area contributed by atoms with E-state index in [4.69, 9.17) is 9.15 Å². The van der Waals surface area contributed by atoms with E-state index in [9.17, 15) is 10.1 Å². The number of methoxy groups -OCH3 is 1. The minimum atomic E-state index is -0.628. The number of rotatable bonds is 5. The average Bonchev–Trinajstić information content (AvgIpc) is 3.35. The van der Waals surface area contributed by atoms with Gasteiger partial charge in [-0.2, -0.15) is 5.26 Å². The van der Waals surface area contributed by atoms with Gasteiger partial charge in [-0.25, -0.2) is 15.0 Å². The number of amides is 1. The Morgan fingerprint density at radius 2 is 2.06 bits per heavy atom. The molecule has 1 aromatic carbocycles. The SMILES string of the molecule is COc1cccc(-c2ocnc2CN2CCNC3(CCN(c4nc(C)cc(C#N)n4)CC3)C2=O)c1. The molecule has 2 saturated heterocycles. The molecule has 4 heterocycles. The Labute approximate surface area is 203 Å². The van der Waals surface area contributed by atoms with Crippen molar-refractivity contribution in [3.05, 3.63) is 53.8 Å². The third-order valence-electron chi connectivity index (χ3n) is 6.71. The lowest BCUT2D eigenvalue weighted by molar-refractivity contribution is -0.143. The number of nitrogens with one attached hydrogen (secondary N) is 1. The first kappa shape index (κ1) is 22.8. The Bertz CT molecular complexity index is 1270. The van der Waals surface area contributed by atoms with Gasteiger partial charge in [-0.15, -0.1) is 0 Å². The van der Waals surface area contributed by atoms with Crippen molar-refractivity contribution < 1.29 is 13.9 Å². The van der Waals surface area contributed by atoms with Crippen molar-refractivity contribution in [3.63, 3.8) is 0 Å². The predicted molar refractivity (Wildman–Crippen MR) is 128 cm³/mol. The summed E-state index contributed by atoms with van der Waals surface area (Å²) in [5, 5.41) is 12.7. The quantitative estimate of drug-likeness (QED) is 0.595. The molecule has 1 amide bonds. The summed E-state index contributed by atoms with van der Waals surface area (Å²) in [5.41, 5.74) is 2.06. The molecule has 0 unspecified atom stereocenters. The summed E-state index contributed by atoms with van der Waals surface area (Å²) < 4.78 is 11.0. The zero-order valence-electron chi connectivity index (χ0n) is 19.8. The van der Waals surface area contributed by atoms with Gasteiger partial charge in [0, 0.05) is 37.4 Å². The summed E-state index contributed by atoms with van der Waals surface area (Å²) in [5.74, 6) is 1.99. The molecule has 2 aliphatic heterocycles. The first-order chi connectivity index (χ1) is 17.0. The van der Waals surface area contributed by atoms with Crippen molar-refractivity contribution in [3.8, 4) is 23.1 Å². The number of hydrogen-bond acceptors (Lipinski definition) is 9. The Morgan fingerprint density at radius 3 is 2.83 bits per heavy atom. The number of hydrogen-bond donors (Lipinski definition) is 1. The van der Waals surface area contributed by atoms with Gasteiger partial charge in [-0.3, -0.25) is 4.79 Å². The third kappa shape index (κ3) is 4.42. The number of benzene rings is 1. The molecule has 2 aromatic heterocycles. The van der Waals surface area contributed by atoms with Gasteiger partial charge in [-0.05, 0) is 38.0 Å². The molecule has 5 rings (SSSR count). The van der Waals surface area contributed by atoms with E-state index in [0.29, 0.717) is 63.0 Å². The van der Waals surface area contributed by atoms with Gasteiger partial charge in [0.1, 0.15) is 28.7 Å². The highest BCUT2D eigenvalue weighted by Crippen LogP contribution is 2.31. The van der Waals surface area contributed by atoms with Gasteiger partial charge in [0.05, 0.1) is 13.7 Å². The average molecular weight is 474 g/mol. The summed E-state index contributed by atoms with van der Waals surface area (Å²) in [6.45, 7) is 4.78. The van der Waals surface area contributed by atoms with Gasteiger partial charge in [0.25, 0.3) is 0 Å². The van der Waals surface area contributed by atoms with Crippen LogP contribution in [0, 0.1) is 18.3 Å². The van der Waals surface area contributed by atoms with Crippen LogP contribution in [0.4, 0.5) is 5.95 Å². The fourth-order valence-corrected chi connectivity index (χ4v) is 4.85. The van der Waals surface area contributed by atoms with Crippen molar-refractivity contribution in [2.45, 2.75) is 31.8 Å². The normalized spacial score (nSPS) is 17.5. The molecule has 10 heteroatoms. The molecular weight excluding hydrogens is 446 g/mol. The summed E-state index contributed by atoms with van der Waals surface area (Å²) in [4.78, 5) is 30.8. The van der Waals surface area contributed by atoms with Crippen LogP contribution < -0.4 is 15.0 Å². The predicted octanol–water partition coefficient (Wildman–Crippen LogP) is 2.29. The van der Waals surface area contributed by atoms with Crippen LogP contribution >= 0.6 is 0 Å². The lowest BCUT2D eigenvalue weighted by atomic mass is 9.84. The van der Waals surface area contributed by atoms with Gasteiger partial charge in [0.2, 0.25) is 11.9 Å². The topological polar surface area (TPSA) is 120 Å². The second-order valence-corrected chi connectivity index (χ2v) is 8.89. The number of carbonyl (C=O) groups excluding carboxylic acids is 1. The van der Waals surface area contributed by atoms with E-state index in [1.54, 1.807) is 13.2 Å². The molecule has 1 spiro atoms. The molecule has 2 fully saturated rings. The van der Waals surface area contributed by atoms with E-state index in [0.717, 1.165) is 22.7 Å². The maximum absolute atomic E-state index is 13.7. The van der Waals surface area contributed by atoms with Gasteiger partial charge < -0.3 is 24.3 Å². The molecule has 180 valence electrons.